The van der Waals surface area contributed by atoms with Gasteiger partial charge in [0.2, 0.25) is 0 Å². The van der Waals surface area contributed by atoms with E-state index in [1.54, 1.807) is 30.9 Å². The first-order chi connectivity index (χ1) is 12.6. The first kappa shape index (κ1) is 18.9. The highest BCUT2D eigenvalue weighted by Crippen LogP contribution is 2.30. The molecule has 0 saturated carbocycles. The lowest BCUT2D eigenvalue weighted by Gasteiger charge is -2.35. The third kappa shape index (κ3) is 3.64. The van der Waals surface area contributed by atoms with Crippen LogP contribution in [0.4, 0.5) is 0 Å². The molecule has 26 heavy (non-hydrogen) atoms. The maximum absolute atomic E-state index is 13.0. The van der Waals surface area contributed by atoms with Gasteiger partial charge in [-0.3, -0.25) is 14.3 Å². The molecule has 1 saturated heterocycles. The molecule has 0 unspecified atom stereocenters. The van der Waals surface area contributed by atoms with E-state index in [1.165, 1.54) is 19.3 Å². The van der Waals surface area contributed by atoms with Crippen molar-refractivity contribution in [3.63, 3.8) is 0 Å². The van der Waals surface area contributed by atoms with Gasteiger partial charge in [-0.2, -0.15) is 0 Å². The largest absolute Gasteiger partial charge is 0.493 e. The summed E-state index contributed by atoms with van der Waals surface area (Å²) in [5, 5.41) is 0.557. The van der Waals surface area contributed by atoms with Crippen molar-refractivity contribution < 1.29 is 9.47 Å². The van der Waals surface area contributed by atoms with Gasteiger partial charge in [0.25, 0.3) is 5.56 Å². The van der Waals surface area contributed by atoms with E-state index in [0.717, 1.165) is 19.5 Å². The normalized spacial score (nSPS) is 18.2. The fourth-order valence-electron chi connectivity index (χ4n) is 3.83. The summed E-state index contributed by atoms with van der Waals surface area (Å²) in [5.74, 6) is 1.11. The molecular weight excluding hydrogens is 350 g/mol. The number of nitrogens with one attached hydrogen (secondary N) is 1. The van der Waals surface area contributed by atoms with E-state index < -0.39 is 0 Å². The van der Waals surface area contributed by atoms with Crippen LogP contribution in [0, 0.1) is 4.77 Å². The quantitative estimate of drug-likeness (QED) is 0.783. The van der Waals surface area contributed by atoms with E-state index in [0.29, 0.717) is 39.8 Å². The minimum atomic E-state index is -0.0882. The van der Waals surface area contributed by atoms with E-state index >= 15 is 0 Å². The van der Waals surface area contributed by atoms with Gasteiger partial charge >= 0.3 is 0 Å². The third-order valence-corrected chi connectivity index (χ3v) is 5.64. The number of ether oxygens (including phenoxy) is 2. The number of hydrogen-bond donors (Lipinski definition) is 1. The molecule has 0 spiro atoms. The molecule has 6 nitrogen and oxygen atoms in total. The van der Waals surface area contributed by atoms with Crippen molar-refractivity contribution in [2.24, 2.45) is 0 Å². The topological polar surface area (TPSA) is 59.5 Å². The Morgan fingerprint density at radius 3 is 2.62 bits per heavy atom. The van der Waals surface area contributed by atoms with Crippen LogP contribution >= 0.6 is 12.2 Å². The molecule has 2 heterocycles. The van der Waals surface area contributed by atoms with Crippen LogP contribution in [0.2, 0.25) is 0 Å². The summed E-state index contributed by atoms with van der Waals surface area (Å²) in [6.07, 6.45) is 4.92. The van der Waals surface area contributed by atoms with Gasteiger partial charge in [0.1, 0.15) is 0 Å². The first-order valence-electron chi connectivity index (χ1n) is 9.22. The van der Waals surface area contributed by atoms with E-state index in [1.807, 2.05) is 0 Å². The number of hydrogen-bond acceptors (Lipinski definition) is 5. The van der Waals surface area contributed by atoms with E-state index in [9.17, 15) is 4.79 Å². The average molecular weight is 378 g/mol. The van der Waals surface area contributed by atoms with Crippen molar-refractivity contribution in [3.05, 3.63) is 27.3 Å². The van der Waals surface area contributed by atoms with Gasteiger partial charge in [0.15, 0.2) is 16.3 Å². The Hall–Kier alpha value is -1.86. The minimum Gasteiger partial charge on any atom is -0.493 e. The first-order valence-corrected chi connectivity index (χ1v) is 9.62. The van der Waals surface area contributed by atoms with Crippen molar-refractivity contribution in [1.82, 2.24) is 14.5 Å². The Bertz CT molecular complexity index is 890. The number of methoxy groups -OCH3 is 2. The van der Waals surface area contributed by atoms with Crippen LogP contribution in [0.5, 0.6) is 11.5 Å². The lowest BCUT2D eigenvalue weighted by atomic mass is 10.0. The van der Waals surface area contributed by atoms with Crippen molar-refractivity contribution >= 4 is 23.1 Å². The molecular formula is C19H27N3O3S. The van der Waals surface area contributed by atoms with Gasteiger partial charge in [0, 0.05) is 25.2 Å². The summed E-state index contributed by atoms with van der Waals surface area (Å²) in [6.45, 7) is 4.77. The molecule has 0 amide bonds. The zero-order valence-corrected chi connectivity index (χ0v) is 16.5. The van der Waals surface area contributed by atoms with Crippen LogP contribution in [-0.4, -0.2) is 47.8 Å². The molecule has 1 aliphatic rings. The molecule has 1 N–H and O–H groups in total. The fraction of sp³-hybridized carbons (Fsp3) is 0.579. The molecule has 3 rings (SSSR count). The molecule has 7 heteroatoms. The Morgan fingerprint density at radius 2 is 1.92 bits per heavy atom. The van der Waals surface area contributed by atoms with E-state index in [4.69, 9.17) is 21.7 Å². The Morgan fingerprint density at radius 1 is 1.19 bits per heavy atom. The second kappa shape index (κ2) is 8.22. The number of benzene rings is 1. The van der Waals surface area contributed by atoms with Crippen LogP contribution < -0.4 is 15.0 Å². The Labute approximate surface area is 158 Å². The summed E-state index contributed by atoms with van der Waals surface area (Å²) < 4.78 is 12.7. The van der Waals surface area contributed by atoms with Crippen molar-refractivity contribution in [2.45, 2.75) is 45.2 Å². The highest BCUT2D eigenvalue weighted by Gasteiger charge is 2.21. The van der Waals surface area contributed by atoms with E-state index in [-0.39, 0.29) is 5.56 Å². The number of nitrogens with zero attached hydrogens (tertiary/aromatic N) is 2. The smallest absolute Gasteiger partial charge is 0.262 e. The van der Waals surface area contributed by atoms with Crippen LogP contribution in [0.15, 0.2) is 16.9 Å². The summed E-state index contributed by atoms with van der Waals surface area (Å²) in [5.41, 5.74) is 0.577. The zero-order valence-electron chi connectivity index (χ0n) is 15.7. The third-order valence-electron chi connectivity index (χ3n) is 5.32. The average Bonchev–Trinajstić information content (AvgIpc) is 2.67. The fourth-order valence-corrected chi connectivity index (χ4v) is 4.11. The van der Waals surface area contributed by atoms with Crippen LogP contribution in [-0.2, 0) is 6.54 Å². The van der Waals surface area contributed by atoms with Crippen molar-refractivity contribution in [3.8, 4) is 11.5 Å². The van der Waals surface area contributed by atoms with Crippen LogP contribution in [0.3, 0.4) is 0 Å². The summed E-state index contributed by atoms with van der Waals surface area (Å²) in [4.78, 5) is 18.7. The number of fused-ring (bicyclic) bond motifs is 1. The van der Waals surface area contributed by atoms with Gasteiger partial charge in [0.05, 0.1) is 25.1 Å². The van der Waals surface area contributed by atoms with Gasteiger partial charge in [-0.15, -0.1) is 0 Å². The maximum Gasteiger partial charge on any atom is 0.262 e. The molecule has 1 fully saturated rings. The number of aromatic nitrogens is 2. The lowest BCUT2D eigenvalue weighted by Crippen LogP contribution is -2.42. The molecule has 1 aromatic carbocycles. The number of aromatic amines is 1. The number of H-pyrrole nitrogens is 1. The number of rotatable bonds is 6. The Kier molecular flexibility index (Phi) is 5.98. The van der Waals surface area contributed by atoms with Gasteiger partial charge in [-0.25, -0.2) is 0 Å². The molecule has 1 aliphatic heterocycles. The molecule has 0 radical (unpaired) electrons. The predicted molar refractivity (Wildman–Crippen MR) is 106 cm³/mol. The molecule has 0 aliphatic carbocycles. The second-order valence-corrected chi connectivity index (χ2v) is 7.12. The highest BCUT2D eigenvalue weighted by molar-refractivity contribution is 7.71. The highest BCUT2D eigenvalue weighted by atomic mass is 32.1. The molecule has 2 aromatic rings. The van der Waals surface area contributed by atoms with Crippen LogP contribution in [0.25, 0.3) is 10.9 Å². The second-order valence-electron chi connectivity index (χ2n) is 6.73. The zero-order chi connectivity index (χ0) is 18.7. The predicted octanol–water partition coefficient (Wildman–Crippen LogP) is 3.34. The van der Waals surface area contributed by atoms with E-state index in [2.05, 4.69) is 16.8 Å². The lowest BCUT2D eigenvalue weighted by molar-refractivity contribution is 0.138. The molecule has 1 aromatic heterocycles. The molecule has 142 valence electrons. The van der Waals surface area contributed by atoms with Crippen molar-refractivity contribution in [2.75, 3.05) is 27.3 Å². The van der Waals surface area contributed by atoms with Gasteiger partial charge < -0.3 is 14.5 Å². The van der Waals surface area contributed by atoms with Crippen molar-refractivity contribution in [1.29, 1.82) is 0 Å². The minimum absolute atomic E-state index is 0.0882. The summed E-state index contributed by atoms with van der Waals surface area (Å²) in [7, 11) is 3.14. The van der Waals surface area contributed by atoms with Gasteiger partial charge in [-0.05, 0) is 44.1 Å². The molecule has 0 bridgehead atoms. The standard InChI is InChI=1S/C19H27N3O3S/c1-4-13-7-5-6-8-21(13)9-10-22-18(23)14-11-16(24-2)17(25-3)12-15(14)20-19(22)26/h11-13H,4-10H2,1-3H3,(H,20,26)/t13-/m0/s1. The monoisotopic (exact) mass is 377 g/mol. The summed E-state index contributed by atoms with van der Waals surface area (Å²) >= 11 is 5.45. The maximum atomic E-state index is 13.0. The van der Waals surface area contributed by atoms with Gasteiger partial charge in [-0.1, -0.05) is 13.3 Å². The van der Waals surface area contributed by atoms with Crippen LogP contribution in [0.1, 0.15) is 32.6 Å². The molecule has 1 atom stereocenters. The Balaban J connectivity index is 1.93. The number of likely N-dealkylation sites (tertiary alicyclic amines) is 1. The SMILES string of the molecule is CC[C@H]1CCCCN1CCn1c(=S)[nH]c2cc(OC)c(OC)cc2c1=O. The number of piperidine rings is 1. The summed E-state index contributed by atoms with van der Waals surface area (Å²) in [6, 6.07) is 4.09.